The van der Waals surface area contributed by atoms with E-state index in [9.17, 15) is 10.1 Å². The number of hydrogen-bond acceptors (Lipinski definition) is 4. The molecule has 2 aromatic rings. The Hall–Kier alpha value is -2.69. The molecule has 0 spiro atoms. The van der Waals surface area contributed by atoms with E-state index in [-0.39, 0.29) is 5.69 Å². The maximum absolute atomic E-state index is 10.7. The Morgan fingerprint density at radius 3 is 2.57 bits per heavy atom. The number of aryl methyl sites for hydroxylation is 2. The molecule has 0 aromatic heterocycles. The number of hydrogen-bond donors (Lipinski definition) is 1. The van der Waals surface area contributed by atoms with Crippen LogP contribution in [0, 0.1) is 24.0 Å². The SMILES string of the molecule is CC(=NNc1cccc([N+](=O)[O-])c1)c1ccc(C)c(C)c1. The third-order valence-corrected chi connectivity index (χ3v) is 3.33. The highest BCUT2D eigenvalue weighted by atomic mass is 16.6. The Balaban J connectivity index is 2.18. The lowest BCUT2D eigenvalue weighted by atomic mass is 10.0. The number of non-ortho nitro benzene ring substituents is 1. The Kier molecular flexibility index (Phi) is 4.33. The minimum atomic E-state index is -0.426. The van der Waals surface area contributed by atoms with Crippen molar-refractivity contribution in [3.63, 3.8) is 0 Å². The summed E-state index contributed by atoms with van der Waals surface area (Å²) in [6, 6.07) is 12.4. The van der Waals surface area contributed by atoms with Gasteiger partial charge in [0.25, 0.3) is 5.69 Å². The molecule has 0 heterocycles. The van der Waals surface area contributed by atoms with Crippen LogP contribution in [0.2, 0.25) is 0 Å². The molecule has 0 unspecified atom stereocenters. The minimum absolute atomic E-state index is 0.0408. The number of benzene rings is 2. The Bertz CT molecular complexity index is 708. The molecule has 0 amide bonds. The van der Waals surface area contributed by atoms with Gasteiger partial charge in [-0.05, 0) is 49.6 Å². The zero-order chi connectivity index (χ0) is 15.4. The van der Waals surface area contributed by atoms with Crippen molar-refractivity contribution < 1.29 is 4.92 Å². The van der Waals surface area contributed by atoms with Gasteiger partial charge in [-0.25, -0.2) is 0 Å². The van der Waals surface area contributed by atoms with E-state index in [1.807, 2.05) is 13.0 Å². The molecule has 0 fully saturated rings. The first-order valence-corrected chi connectivity index (χ1v) is 6.60. The summed E-state index contributed by atoms with van der Waals surface area (Å²) in [4.78, 5) is 10.3. The maximum atomic E-state index is 10.7. The zero-order valence-corrected chi connectivity index (χ0v) is 12.3. The van der Waals surface area contributed by atoms with Gasteiger partial charge in [-0.1, -0.05) is 18.2 Å². The van der Waals surface area contributed by atoms with Crippen LogP contribution < -0.4 is 5.43 Å². The molecule has 1 N–H and O–H groups in total. The highest BCUT2D eigenvalue weighted by molar-refractivity contribution is 5.99. The average molecular weight is 283 g/mol. The van der Waals surface area contributed by atoms with Crippen molar-refractivity contribution >= 4 is 17.1 Å². The molecule has 21 heavy (non-hydrogen) atoms. The van der Waals surface area contributed by atoms with Gasteiger partial charge in [0, 0.05) is 12.1 Å². The van der Waals surface area contributed by atoms with Crippen molar-refractivity contribution in [3.8, 4) is 0 Å². The molecule has 0 saturated carbocycles. The molecule has 108 valence electrons. The molecule has 0 radical (unpaired) electrons. The molecule has 0 saturated heterocycles. The molecule has 0 aliphatic rings. The summed E-state index contributed by atoms with van der Waals surface area (Å²) < 4.78 is 0. The third-order valence-electron chi connectivity index (χ3n) is 3.33. The molecule has 0 atom stereocenters. The van der Waals surface area contributed by atoms with Gasteiger partial charge < -0.3 is 0 Å². The van der Waals surface area contributed by atoms with Gasteiger partial charge >= 0.3 is 0 Å². The fourth-order valence-electron chi connectivity index (χ4n) is 1.87. The quantitative estimate of drug-likeness (QED) is 0.523. The third kappa shape index (κ3) is 3.66. The Labute approximate surface area is 123 Å². The van der Waals surface area contributed by atoms with Crippen molar-refractivity contribution in [3.05, 3.63) is 69.3 Å². The van der Waals surface area contributed by atoms with E-state index in [0.29, 0.717) is 5.69 Å². The van der Waals surface area contributed by atoms with E-state index in [1.54, 1.807) is 12.1 Å². The van der Waals surface area contributed by atoms with Gasteiger partial charge in [-0.3, -0.25) is 15.5 Å². The number of nitrogens with one attached hydrogen (secondary N) is 1. The van der Waals surface area contributed by atoms with Gasteiger partial charge in [0.05, 0.1) is 16.3 Å². The van der Waals surface area contributed by atoms with Crippen LogP contribution in [-0.4, -0.2) is 10.6 Å². The van der Waals surface area contributed by atoms with Crippen LogP contribution in [0.3, 0.4) is 0 Å². The van der Waals surface area contributed by atoms with Crippen LogP contribution in [0.5, 0.6) is 0 Å². The molecule has 2 rings (SSSR count). The van der Waals surface area contributed by atoms with E-state index in [2.05, 4.69) is 36.5 Å². The predicted octanol–water partition coefficient (Wildman–Crippen LogP) is 4.05. The monoisotopic (exact) mass is 283 g/mol. The number of nitrogens with zero attached hydrogens (tertiary/aromatic N) is 2. The molecule has 5 nitrogen and oxygen atoms in total. The van der Waals surface area contributed by atoms with Crippen molar-refractivity contribution in [2.24, 2.45) is 5.10 Å². The Morgan fingerprint density at radius 2 is 1.90 bits per heavy atom. The zero-order valence-electron chi connectivity index (χ0n) is 12.3. The summed E-state index contributed by atoms with van der Waals surface area (Å²) in [5.74, 6) is 0. The molecular weight excluding hydrogens is 266 g/mol. The summed E-state index contributed by atoms with van der Waals surface area (Å²) >= 11 is 0. The first kappa shape index (κ1) is 14.7. The predicted molar refractivity (Wildman–Crippen MR) is 84.8 cm³/mol. The standard InChI is InChI=1S/C16H17N3O2/c1-11-7-8-14(9-12(11)2)13(3)17-18-15-5-4-6-16(10-15)19(20)21/h4-10,18H,1-3H3. The smallest absolute Gasteiger partial charge is 0.271 e. The normalized spacial score (nSPS) is 11.3. The maximum Gasteiger partial charge on any atom is 0.271 e. The van der Waals surface area contributed by atoms with Gasteiger partial charge in [0.2, 0.25) is 0 Å². The highest BCUT2D eigenvalue weighted by Crippen LogP contribution is 2.17. The number of anilines is 1. The Morgan fingerprint density at radius 1 is 1.14 bits per heavy atom. The largest absolute Gasteiger partial charge is 0.278 e. The fraction of sp³-hybridized carbons (Fsp3) is 0.188. The summed E-state index contributed by atoms with van der Waals surface area (Å²) in [6.45, 7) is 6.02. The van der Waals surface area contributed by atoms with Gasteiger partial charge in [0.15, 0.2) is 0 Å². The topological polar surface area (TPSA) is 67.5 Å². The van der Waals surface area contributed by atoms with Crippen LogP contribution in [0.1, 0.15) is 23.6 Å². The van der Waals surface area contributed by atoms with E-state index in [4.69, 9.17) is 0 Å². The van der Waals surface area contributed by atoms with Crippen LogP contribution >= 0.6 is 0 Å². The van der Waals surface area contributed by atoms with Crippen molar-refractivity contribution in [2.75, 3.05) is 5.43 Å². The number of nitro benzene ring substituents is 1. The summed E-state index contributed by atoms with van der Waals surface area (Å²) in [6.07, 6.45) is 0. The fourth-order valence-corrected chi connectivity index (χ4v) is 1.87. The van der Waals surface area contributed by atoms with Crippen LogP contribution in [-0.2, 0) is 0 Å². The van der Waals surface area contributed by atoms with Gasteiger partial charge in [-0.15, -0.1) is 0 Å². The van der Waals surface area contributed by atoms with Crippen molar-refractivity contribution in [1.29, 1.82) is 0 Å². The molecule has 5 heteroatoms. The van der Waals surface area contributed by atoms with E-state index in [1.165, 1.54) is 23.3 Å². The second kappa shape index (κ2) is 6.17. The number of nitro groups is 1. The second-order valence-corrected chi connectivity index (χ2v) is 4.92. The molecule has 2 aromatic carbocycles. The summed E-state index contributed by atoms with van der Waals surface area (Å²) in [5, 5.41) is 15.0. The van der Waals surface area contributed by atoms with Gasteiger partial charge in [-0.2, -0.15) is 5.10 Å². The number of rotatable bonds is 4. The first-order valence-electron chi connectivity index (χ1n) is 6.60. The lowest BCUT2D eigenvalue weighted by molar-refractivity contribution is -0.384. The van der Waals surface area contributed by atoms with E-state index in [0.717, 1.165) is 11.3 Å². The summed E-state index contributed by atoms with van der Waals surface area (Å²) in [5.41, 5.74) is 7.77. The molecule has 0 aliphatic heterocycles. The van der Waals surface area contributed by atoms with Crippen molar-refractivity contribution in [1.82, 2.24) is 0 Å². The summed E-state index contributed by atoms with van der Waals surface area (Å²) in [7, 11) is 0. The van der Waals surface area contributed by atoms with Crippen LogP contribution in [0.4, 0.5) is 11.4 Å². The molecule has 0 aliphatic carbocycles. The van der Waals surface area contributed by atoms with E-state index < -0.39 is 4.92 Å². The first-order chi connectivity index (χ1) is 9.97. The van der Waals surface area contributed by atoms with Gasteiger partial charge in [0.1, 0.15) is 0 Å². The van der Waals surface area contributed by atoms with Crippen LogP contribution in [0.15, 0.2) is 47.6 Å². The highest BCUT2D eigenvalue weighted by Gasteiger charge is 2.05. The molecule has 0 bridgehead atoms. The minimum Gasteiger partial charge on any atom is -0.278 e. The lowest BCUT2D eigenvalue weighted by Gasteiger charge is -2.06. The van der Waals surface area contributed by atoms with Crippen molar-refractivity contribution in [2.45, 2.75) is 20.8 Å². The van der Waals surface area contributed by atoms with E-state index >= 15 is 0 Å². The second-order valence-electron chi connectivity index (χ2n) is 4.92. The lowest BCUT2D eigenvalue weighted by Crippen LogP contribution is -2.01. The molecular formula is C16H17N3O2. The van der Waals surface area contributed by atoms with Crippen LogP contribution in [0.25, 0.3) is 0 Å². The number of hydrazone groups is 1. The average Bonchev–Trinajstić information content (AvgIpc) is 2.48.